The van der Waals surface area contributed by atoms with E-state index in [2.05, 4.69) is 0 Å². The van der Waals surface area contributed by atoms with Crippen molar-refractivity contribution in [3.8, 4) is 0 Å². The minimum absolute atomic E-state index is 0.00480. The standard InChI is InChI=1S/C16H20ClFN2O3/c1-2-19(10-14(21)22)11-6-8-20(9-7-11)16(23)12-4-3-5-13(18)15(12)17/h3-5,11H,2,6-10H2,1H3,(H,21,22). The van der Waals surface area contributed by atoms with Crippen LogP contribution in [0.4, 0.5) is 4.39 Å². The van der Waals surface area contributed by atoms with E-state index in [1.54, 1.807) is 4.90 Å². The second-order valence-corrected chi connectivity index (χ2v) is 5.96. The Morgan fingerprint density at radius 3 is 2.61 bits per heavy atom. The van der Waals surface area contributed by atoms with Crippen LogP contribution >= 0.6 is 11.6 Å². The van der Waals surface area contributed by atoms with E-state index >= 15 is 0 Å². The Balaban J connectivity index is 2.00. The van der Waals surface area contributed by atoms with Crippen LogP contribution in [-0.2, 0) is 4.79 Å². The molecule has 2 rings (SSSR count). The summed E-state index contributed by atoms with van der Waals surface area (Å²) in [7, 11) is 0. The minimum Gasteiger partial charge on any atom is -0.480 e. The van der Waals surface area contributed by atoms with Gasteiger partial charge in [-0.3, -0.25) is 14.5 Å². The fourth-order valence-electron chi connectivity index (χ4n) is 2.95. The predicted octanol–water partition coefficient (Wildman–Crippen LogP) is 2.49. The van der Waals surface area contributed by atoms with Crippen LogP contribution in [0.5, 0.6) is 0 Å². The van der Waals surface area contributed by atoms with E-state index in [9.17, 15) is 14.0 Å². The van der Waals surface area contributed by atoms with Gasteiger partial charge in [0.1, 0.15) is 5.82 Å². The van der Waals surface area contributed by atoms with Crippen molar-refractivity contribution in [3.05, 3.63) is 34.6 Å². The van der Waals surface area contributed by atoms with Crippen LogP contribution < -0.4 is 0 Å². The lowest BCUT2D eigenvalue weighted by molar-refractivity contribution is -0.139. The first-order valence-corrected chi connectivity index (χ1v) is 8.01. The van der Waals surface area contributed by atoms with E-state index < -0.39 is 11.8 Å². The molecule has 0 aromatic heterocycles. The van der Waals surface area contributed by atoms with Gasteiger partial charge in [0.25, 0.3) is 5.91 Å². The first kappa shape index (κ1) is 17.7. The van der Waals surface area contributed by atoms with Crippen LogP contribution in [0.1, 0.15) is 30.1 Å². The van der Waals surface area contributed by atoms with Crippen LogP contribution in [0.2, 0.25) is 5.02 Å². The van der Waals surface area contributed by atoms with Crippen molar-refractivity contribution >= 4 is 23.5 Å². The highest BCUT2D eigenvalue weighted by molar-refractivity contribution is 6.34. The van der Waals surface area contributed by atoms with Gasteiger partial charge < -0.3 is 10.0 Å². The van der Waals surface area contributed by atoms with Gasteiger partial charge >= 0.3 is 5.97 Å². The molecule has 1 amide bonds. The number of carbonyl (C=O) groups is 2. The van der Waals surface area contributed by atoms with Crippen LogP contribution in [0, 0.1) is 5.82 Å². The molecule has 1 heterocycles. The number of nitrogens with zero attached hydrogens (tertiary/aromatic N) is 2. The maximum atomic E-state index is 13.5. The molecule has 0 radical (unpaired) electrons. The number of carbonyl (C=O) groups excluding carboxylic acids is 1. The fraction of sp³-hybridized carbons (Fsp3) is 0.500. The number of likely N-dealkylation sites (tertiary alicyclic amines) is 1. The van der Waals surface area contributed by atoms with Crippen molar-refractivity contribution in [2.75, 3.05) is 26.2 Å². The summed E-state index contributed by atoms with van der Waals surface area (Å²) in [6.07, 6.45) is 1.39. The van der Waals surface area contributed by atoms with Crippen LogP contribution in [-0.4, -0.2) is 59.0 Å². The molecule has 7 heteroatoms. The average Bonchev–Trinajstić information content (AvgIpc) is 2.54. The number of hydrogen-bond donors (Lipinski definition) is 1. The van der Waals surface area contributed by atoms with E-state index in [0.717, 1.165) is 0 Å². The molecule has 1 aliphatic rings. The molecule has 0 aliphatic carbocycles. The molecule has 0 bridgehead atoms. The van der Waals surface area contributed by atoms with Crippen molar-refractivity contribution in [2.45, 2.75) is 25.8 Å². The molecule has 0 spiro atoms. The second-order valence-electron chi connectivity index (χ2n) is 5.58. The molecule has 0 atom stereocenters. The first-order chi connectivity index (χ1) is 10.9. The fourth-order valence-corrected chi connectivity index (χ4v) is 3.15. The molecular weight excluding hydrogens is 323 g/mol. The Labute approximate surface area is 139 Å². The Hall–Kier alpha value is -1.66. The van der Waals surface area contributed by atoms with Gasteiger partial charge in [-0.2, -0.15) is 0 Å². The summed E-state index contributed by atoms with van der Waals surface area (Å²) >= 11 is 5.87. The minimum atomic E-state index is -0.850. The third-order valence-corrected chi connectivity index (χ3v) is 4.58. The zero-order chi connectivity index (χ0) is 17.0. The van der Waals surface area contributed by atoms with Gasteiger partial charge in [0, 0.05) is 19.1 Å². The lowest BCUT2D eigenvalue weighted by Gasteiger charge is -2.37. The van der Waals surface area contributed by atoms with Crippen molar-refractivity contribution in [2.24, 2.45) is 0 Å². The number of likely N-dealkylation sites (N-methyl/N-ethyl adjacent to an activating group) is 1. The van der Waals surface area contributed by atoms with E-state index in [1.165, 1.54) is 18.2 Å². The molecule has 1 aliphatic heterocycles. The van der Waals surface area contributed by atoms with Gasteiger partial charge in [0.05, 0.1) is 17.1 Å². The summed E-state index contributed by atoms with van der Waals surface area (Å²) < 4.78 is 13.5. The van der Waals surface area contributed by atoms with Gasteiger partial charge in [-0.05, 0) is 31.5 Å². The molecular formula is C16H20ClFN2O3. The Morgan fingerprint density at radius 2 is 2.04 bits per heavy atom. The normalized spacial score (nSPS) is 15.9. The van der Waals surface area contributed by atoms with Crippen LogP contribution in [0.3, 0.4) is 0 Å². The lowest BCUT2D eigenvalue weighted by atomic mass is 10.0. The van der Waals surface area contributed by atoms with Crippen LogP contribution in [0.25, 0.3) is 0 Å². The molecule has 1 N–H and O–H groups in total. The number of carboxylic acid groups (broad SMARTS) is 1. The van der Waals surface area contributed by atoms with Crippen molar-refractivity contribution < 1.29 is 19.1 Å². The van der Waals surface area contributed by atoms with Gasteiger partial charge in [-0.25, -0.2) is 4.39 Å². The summed E-state index contributed by atoms with van der Waals surface area (Å²) in [4.78, 5) is 26.9. The molecule has 23 heavy (non-hydrogen) atoms. The van der Waals surface area contributed by atoms with E-state index in [-0.39, 0.29) is 29.1 Å². The Morgan fingerprint density at radius 1 is 1.39 bits per heavy atom. The lowest BCUT2D eigenvalue weighted by Crippen LogP contribution is -2.48. The number of amides is 1. The summed E-state index contributed by atoms with van der Waals surface area (Å²) in [5.41, 5.74) is 0.169. The van der Waals surface area contributed by atoms with Gasteiger partial charge in [-0.1, -0.05) is 24.6 Å². The summed E-state index contributed by atoms with van der Waals surface area (Å²) in [5, 5.41) is 8.78. The van der Waals surface area contributed by atoms with E-state index in [0.29, 0.717) is 32.5 Å². The summed E-state index contributed by atoms with van der Waals surface area (Å²) in [6.45, 7) is 3.59. The van der Waals surface area contributed by atoms with E-state index in [1.807, 2.05) is 11.8 Å². The quantitative estimate of drug-likeness (QED) is 0.893. The van der Waals surface area contributed by atoms with Crippen LogP contribution in [0.15, 0.2) is 18.2 Å². The third kappa shape index (κ3) is 4.20. The molecule has 1 fully saturated rings. The number of carboxylic acids is 1. The number of rotatable bonds is 5. The largest absolute Gasteiger partial charge is 0.480 e. The molecule has 0 unspecified atom stereocenters. The summed E-state index contributed by atoms with van der Waals surface area (Å²) in [6, 6.07) is 4.34. The molecule has 1 aromatic rings. The monoisotopic (exact) mass is 342 g/mol. The second kappa shape index (κ2) is 7.75. The molecule has 0 saturated carbocycles. The molecule has 5 nitrogen and oxygen atoms in total. The summed E-state index contributed by atoms with van der Waals surface area (Å²) in [5.74, 6) is -1.74. The van der Waals surface area contributed by atoms with Gasteiger partial charge in [-0.15, -0.1) is 0 Å². The van der Waals surface area contributed by atoms with Gasteiger partial charge in [0.15, 0.2) is 0 Å². The maximum absolute atomic E-state index is 13.5. The molecule has 1 saturated heterocycles. The Bertz CT molecular complexity index is 589. The molecule has 1 aromatic carbocycles. The molecule has 126 valence electrons. The van der Waals surface area contributed by atoms with Crippen molar-refractivity contribution in [1.29, 1.82) is 0 Å². The van der Waals surface area contributed by atoms with E-state index in [4.69, 9.17) is 16.7 Å². The number of piperidine rings is 1. The van der Waals surface area contributed by atoms with Gasteiger partial charge in [0.2, 0.25) is 0 Å². The third-order valence-electron chi connectivity index (χ3n) is 4.19. The number of aliphatic carboxylic acids is 1. The maximum Gasteiger partial charge on any atom is 0.317 e. The smallest absolute Gasteiger partial charge is 0.317 e. The zero-order valence-electron chi connectivity index (χ0n) is 13.0. The highest BCUT2D eigenvalue weighted by Gasteiger charge is 2.28. The number of hydrogen-bond acceptors (Lipinski definition) is 3. The Kier molecular flexibility index (Phi) is 5.96. The highest BCUT2D eigenvalue weighted by atomic mass is 35.5. The number of halogens is 2. The average molecular weight is 343 g/mol. The SMILES string of the molecule is CCN(CC(=O)O)C1CCN(C(=O)c2cccc(F)c2Cl)CC1. The predicted molar refractivity (Wildman–Crippen MR) is 85.2 cm³/mol. The number of benzene rings is 1. The van der Waals surface area contributed by atoms with Crippen molar-refractivity contribution in [1.82, 2.24) is 9.80 Å². The first-order valence-electron chi connectivity index (χ1n) is 7.63. The topological polar surface area (TPSA) is 60.9 Å². The zero-order valence-corrected chi connectivity index (χ0v) is 13.7. The highest BCUT2D eigenvalue weighted by Crippen LogP contribution is 2.24. The van der Waals surface area contributed by atoms with Crippen molar-refractivity contribution in [3.63, 3.8) is 0 Å².